The Balaban J connectivity index is 3.41. The highest BCUT2D eigenvalue weighted by Gasteiger charge is 2.40. The van der Waals surface area contributed by atoms with E-state index in [1.54, 1.807) is 13.2 Å². The first-order valence-electron chi connectivity index (χ1n) is 6.57. The van der Waals surface area contributed by atoms with Crippen LogP contribution in [-0.4, -0.2) is 21.2 Å². The second-order valence-corrected chi connectivity index (χ2v) is 12.0. The Labute approximate surface area is 130 Å². The number of methoxy groups -OCH3 is 1. The average Bonchev–Trinajstić information content (AvgIpc) is 2.29. The number of carbonyl (C=O) groups excluding carboxylic acids is 1. The molecule has 1 aromatic rings. The van der Waals surface area contributed by atoms with E-state index >= 15 is 0 Å². The lowest BCUT2D eigenvalue weighted by molar-refractivity contribution is 0.101. The van der Waals surface area contributed by atoms with Crippen molar-refractivity contribution in [3.63, 3.8) is 0 Å². The fraction of sp³-hybridized carbons (Fsp3) is 0.533. The fourth-order valence-electron chi connectivity index (χ4n) is 1.55. The standard InChI is InChI=1S/C15H23BrO3Si/c1-10(17)13-12(18-5)9-8-11(16)14(13)19-20(6,7)15(2,3)4/h8-9H,1-7H3. The van der Waals surface area contributed by atoms with Crippen LogP contribution in [0.2, 0.25) is 18.1 Å². The van der Waals surface area contributed by atoms with Crippen molar-refractivity contribution in [2.75, 3.05) is 7.11 Å². The first-order chi connectivity index (χ1) is 9.01. The van der Waals surface area contributed by atoms with Crippen LogP contribution in [0.15, 0.2) is 16.6 Å². The molecule has 5 heteroatoms. The average molecular weight is 359 g/mol. The number of benzene rings is 1. The third-order valence-electron chi connectivity index (χ3n) is 3.81. The van der Waals surface area contributed by atoms with E-state index in [1.807, 2.05) is 6.07 Å². The molecule has 0 spiro atoms. The molecule has 1 rings (SSSR count). The molecule has 0 aliphatic rings. The normalized spacial score (nSPS) is 12.2. The predicted octanol–water partition coefficient (Wildman–Crippen LogP) is 5.04. The van der Waals surface area contributed by atoms with Crippen molar-refractivity contribution < 1.29 is 14.0 Å². The van der Waals surface area contributed by atoms with E-state index in [4.69, 9.17) is 9.16 Å². The molecule has 0 radical (unpaired) electrons. The molecule has 0 aromatic heterocycles. The highest BCUT2D eigenvalue weighted by atomic mass is 79.9. The Morgan fingerprint density at radius 3 is 2.20 bits per heavy atom. The summed E-state index contributed by atoms with van der Waals surface area (Å²) in [6, 6.07) is 3.63. The monoisotopic (exact) mass is 358 g/mol. The minimum absolute atomic E-state index is 0.0585. The van der Waals surface area contributed by atoms with Gasteiger partial charge in [-0.2, -0.15) is 0 Å². The third-order valence-corrected chi connectivity index (χ3v) is 8.76. The van der Waals surface area contributed by atoms with Gasteiger partial charge in [0.15, 0.2) is 5.78 Å². The van der Waals surface area contributed by atoms with Gasteiger partial charge in [0.1, 0.15) is 17.1 Å². The van der Waals surface area contributed by atoms with Crippen molar-refractivity contribution in [2.45, 2.75) is 45.8 Å². The van der Waals surface area contributed by atoms with Gasteiger partial charge in [0.2, 0.25) is 0 Å². The first-order valence-corrected chi connectivity index (χ1v) is 10.3. The second-order valence-electron chi connectivity index (χ2n) is 6.37. The number of hydrogen-bond acceptors (Lipinski definition) is 3. The SMILES string of the molecule is COc1ccc(Br)c(O[Si](C)(C)C(C)(C)C)c1C(C)=O. The predicted molar refractivity (Wildman–Crippen MR) is 88.5 cm³/mol. The molecular weight excluding hydrogens is 336 g/mol. The molecule has 0 bridgehead atoms. The van der Waals surface area contributed by atoms with Crippen LogP contribution in [0.1, 0.15) is 38.1 Å². The van der Waals surface area contributed by atoms with Gasteiger partial charge >= 0.3 is 0 Å². The summed E-state index contributed by atoms with van der Waals surface area (Å²) in [6.45, 7) is 12.3. The molecule has 0 atom stereocenters. The van der Waals surface area contributed by atoms with Gasteiger partial charge in [-0.1, -0.05) is 20.8 Å². The van der Waals surface area contributed by atoms with Crippen molar-refractivity contribution in [1.29, 1.82) is 0 Å². The van der Waals surface area contributed by atoms with Gasteiger partial charge in [-0.15, -0.1) is 0 Å². The van der Waals surface area contributed by atoms with Crippen LogP contribution in [0.5, 0.6) is 11.5 Å². The lowest BCUT2D eigenvalue weighted by Crippen LogP contribution is -2.44. The Bertz CT molecular complexity index is 519. The molecule has 0 fully saturated rings. The van der Waals surface area contributed by atoms with Crippen molar-refractivity contribution in [2.24, 2.45) is 0 Å². The molecule has 0 heterocycles. The summed E-state index contributed by atoms with van der Waals surface area (Å²) in [5.41, 5.74) is 0.506. The minimum atomic E-state index is -2.03. The van der Waals surface area contributed by atoms with Gasteiger partial charge in [-0.3, -0.25) is 4.79 Å². The highest BCUT2D eigenvalue weighted by Crippen LogP contribution is 2.42. The second kappa shape index (κ2) is 5.90. The number of carbonyl (C=O) groups is 1. The number of hydrogen-bond donors (Lipinski definition) is 0. The third kappa shape index (κ3) is 3.44. The lowest BCUT2D eigenvalue weighted by atomic mass is 10.1. The maximum atomic E-state index is 12.0. The Morgan fingerprint density at radius 2 is 1.80 bits per heavy atom. The van der Waals surface area contributed by atoms with Crippen LogP contribution >= 0.6 is 15.9 Å². The smallest absolute Gasteiger partial charge is 0.250 e. The lowest BCUT2D eigenvalue weighted by Gasteiger charge is -2.37. The van der Waals surface area contributed by atoms with Gasteiger partial charge in [0.05, 0.1) is 11.6 Å². The molecule has 0 saturated heterocycles. The number of ketones is 1. The Kier molecular flexibility index (Phi) is 5.08. The summed E-state index contributed by atoms with van der Waals surface area (Å²) in [7, 11) is -0.467. The van der Waals surface area contributed by atoms with Crippen LogP contribution in [0, 0.1) is 0 Å². The summed E-state index contributed by atoms with van der Waals surface area (Å²) in [4.78, 5) is 12.0. The largest absolute Gasteiger partial charge is 0.542 e. The number of halogens is 1. The zero-order valence-electron chi connectivity index (χ0n) is 13.3. The molecule has 20 heavy (non-hydrogen) atoms. The van der Waals surface area contributed by atoms with Crippen LogP contribution in [-0.2, 0) is 0 Å². The van der Waals surface area contributed by atoms with E-state index in [9.17, 15) is 4.79 Å². The van der Waals surface area contributed by atoms with Gasteiger partial charge in [0.25, 0.3) is 8.32 Å². The topological polar surface area (TPSA) is 35.5 Å². The molecule has 0 aliphatic heterocycles. The van der Waals surface area contributed by atoms with E-state index in [1.165, 1.54) is 6.92 Å². The summed E-state index contributed by atoms with van der Waals surface area (Å²) in [5.74, 6) is 1.09. The van der Waals surface area contributed by atoms with Gasteiger partial charge in [0, 0.05) is 0 Å². The van der Waals surface area contributed by atoms with Crippen LogP contribution in [0.4, 0.5) is 0 Å². The zero-order chi connectivity index (χ0) is 15.7. The minimum Gasteiger partial charge on any atom is -0.542 e. The van der Waals surface area contributed by atoms with E-state index in [2.05, 4.69) is 49.8 Å². The molecule has 1 aromatic carbocycles. The fourth-order valence-corrected chi connectivity index (χ4v) is 3.14. The molecule has 0 aliphatic carbocycles. The van der Waals surface area contributed by atoms with Crippen molar-refractivity contribution in [1.82, 2.24) is 0 Å². The van der Waals surface area contributed by atoms with E-state index < -0.39 is 8.32 Å². The first kappa shape index (κ1) is 17.2. The summed E-state index contributed by atoms with van der Waals surface area (Å²) >= 11 is 3.49. The maximum Gasteiger partial charge on any atom is 0.250 e. The highest BCUT2D eigenvalue weighted by molar-refractivity contribution is 9.10. The number of rotatable bonds is 4. The Hall–Kier alpha value is -0.813. The van der Waals surface area contributed by atoms with E-state index in [-0.39, 0.29) is 10.8 Å². The van der Waals surface area contributed by atoms with Crippen LogP contribution in [0.3, 0.4) is 0 Å². The van der Waals surface area contributed by atoms with Crippen molar-refractivity contribution >= 4 is 30.0 Å². The number of Topliss-reactive ketones (excluding diaryl/α,β-unsaturated/α-hetero) is 1. The maximum absolute atomic E-state index is 12.0. The Morgan fingerprint density at radius 1 is 1.25 bits per heavy atom. The quantitative estimate of drug-likeness (QED) is 0.558. The molecule has 112 valence electrons. The molecule has 0 amide bonds. The van der Waals surface area contributed by atoms with E-state index in [0.717, 1.165) is 4.47 Å². The molecular formula is C15H23BrO3Si. The summed E-state index contributed by atoms with van der Waals surface area (Å²) in [6.07, 6.45) is 0. The van der Waals surface area contributed by atoms with Crippen LogP contribution < -0.4 is 9.16 Å². The number of ether oxygens (including phenoxy) is 1. The molecule has 0 saturated carbocycles. The van der Waals surface area contributed by atoms with Crippen molar-refractivity contribution in [3.05, 3.63) is 22.2 Å². The molecule has 0 unspecified atom stereocenters. The van der Waals surface area contributed by atoms with Gasteiger partial charge in [-0.05, 0) is 53.1 Å². The summed E-state index contributed by atoms with van der Waals surface area (Å²) < 4.78 is 12.4. The van der Waals surface area contributed by atoms with Crippen LogP contribution in [0.25, 0.3) is 0 Å². The van der Waals surface area contributed by atoms with E-state index in [0.29, 0.717) is 17.1 Å². The molecule has 3 nitrogen and oxygen atoms in total. The zero-order valence-corrected chi connectivity index (χ0v) is 15.8. The van der Waals surface area contributed by atoms with Gasteiger partial charge < -0.3 is 9.16 Å². The molecule has 0 N–H and O–H groups in total. The van der Waals surface area contributed by atoms with Crippen molar-refractivity contribution in [3.8, 4) is 11.5 Å². The summed E-state index contributed by atoms with van der Waals surface area (Å²) in [5, 5.41) is 0.0591. The van der Waals surface area contributed by atoms with Gasteiger partial charge in [-0.25, -0.2) is 0 Å².